The maximum atomic E-state index is 12.7. The van der Waals surface area contributed by atoms with Gasteiger partial charge in [0.25, 0.3) is 17.5 Å². The van der Waals surface area contributed by atoms with Crippen molar-refractivity contribution in [1.82, 2.24) is 5.43 Å². The average Bonchev–Trinajstić information content (AvgIpc) is 2.91. The molecule has 0 radical (unpaired) electrons. The third-order valence-electron chi connectivity index (χ3n) is 3.77. The number of para-hydroxylation sites is 1. The molecule has 27 heavy (non-hydrogen) atoms. The van der Waals surface area contributed by atoms with E-state index in [1.165, 1.54) is 24.3 Å². The van der Waals surface area contributed by atoms with Crippen molar-refractivity contribution in [3.63, 3.8) is 0 Å². The van der Waals surface area contributed by atoms with E-state index in [1.54, 1.807) is 30.3 Å². The lowest BCUT2D eigenvalue weighted by atomic mass is 10.1. The summed E-state index contributed by atoms with van der Waals surface area (Å²) in [5, 5.41) is 12.2. The van der Waals surface area contributed by atoms with Crippen LogP contribution in [-0.4, -0.2) is 22.8 Å². The Morgan fingerprint density at radius 2 is 1.85 bits per heavy atom. The predicted molar refractivity (Wildman–Crippen MR) is 98.9 cm³/mol. The summed E-state index contributed by atoms with van der Waals surface area (Å²) in [6.07, 6.45) is 1.13. The van der Waals surface area contributed by atoms with Crippen LogP contribution in [0, 0.1) is 10.1 Å². The first-order valence-corrected chi connectivity index (χ1v) is 8.24. The van der Waals surface area contributed by atoms with Gasteiger partial charge in [-0.05, 0) is 38.1 Å². The molecule has 0 bridgehead atoms. The number of nitro groups is 1. The van der Waals surface area contributed by atoms with Crippen LogP contribution >= 0.6 is 0 Å². The Kier molecular flexibility index (Phi) is 4.89. The fraction of sp³-hybridized carbons (Fsp3) is 0.158. The average molecular weight is 367 g/mol. The van der Waals surface area contributed by atoms with Gasteiger partial charge in [0.05, 0.1) is 16.7 Å². The van der Waals surface area contributed by atoms with Crippen LogP contribution in [0.25, 0.3) is 6.08 Å². The van der Waals surface area contributed by atoms with Crippen LogP contribution in [0.3, 0.4) is 0 Å². The van der Waals surface area contributed by atoms with Crippen LogP contribution in [0.15, 0.2) is 54.1 Å². The highest BCUT2D eigenvalue weighted by atomic mass is 16.6. The van der Waals surface area contributed by atoms with Gasteiger partial charge in [0.1, 0.15) is 11.3 Å². The molecule has 1 saturated heterocycles. The molecule has 0 saturated carbocycles. The first-order chi connectivity index (χ1) is 12.9. The lowest BCUT2D eigenvalue weighted by molar-refractivity contribution is -0.384. The van der Waals surface area contributed by atoms with Crippen molar-refractivity contribution >= 4 is 29.3 Å². The number of nitrogens with one attached hydrogen (secondary N) is 1. The van der Waals surface area contributed by atoms with Gasteiger partial charge in [-0.25, -0.2) is 5.01 Å². The molecule has 8 nitrogen and oxygen atoms in total. The number of anilines is 1. The van der Waals surface area contributed by atoms with Crippen molar-refractivity contribution in [3.05, 3.63) is 69.8 Å². The number of benzene rings is 2. The van der Waals surface area contributed by atoms with Crippen molar-refractivity contribution in [2.75, 3.05) is 5.01 Å². The summed E-state index contributed by atoms with van der Waals surface area (Å²) in [4.78, 5) is 35.5. The number of nitro benzene ring substituents is 1. The molecule has 1 aliphatic heterocycles. The molecule has 0 aliphatic carbocycles. The van der Waals surface area contributed by atoms with E-state index < -0.39 is 16.7 Å². The van der Waals surface area contributed by atoms with Crippen LogP contribution in [0.5, 0.6) is 5.75 Å². The molecule has 138 valence electrons. The number of rotatable bonds is 5. The van der Waals surface area contributed by atoms with E-state index in [1.807, 2.05) is 13.8 Å². The smallest absolute Gasteiger partial charge is 0.282 e. The summed E-state index contributed by atoms with van der Waals surface area (Å²) < 4.78 is 5.65. The highest BCUT2D eigenvalue weighted by molar-refractivity contribution is 6.31. The number of hydrogen-bond donors (Lipinski definition) is 1. The summed E-state index contributed by atoms with van der Waals surface area (Å²) in [6, 6.07) is 12.7. The topological polar surface area (TPSA) is 102 Å². The number of amides is 2. The van der Waals surface area contributed by atoms with E-state index in [0.717, 1.165) is 5.01 Å². The van der Waals surface area contributed by atoms with E-state index in [0.29, 0.717) is 11.4 Å². The zero-order valence-corrected chi connectivity index (χ0v) is 14.7. The molecular weight excluding hydrogens is 350 g/mol. The number of carbonyl (C=O) groups excluding carboxylic acids is 2. The van der Waals surface area contributed by atoms with Gasteiger partial charge in [-0.15, -0.1) is 0 Å². The van der Waals surface area contributed by atoms with E-state index >= 15 is 0 Å². The second-order valence-electron chi connectivity index (χ2n) is 6.12. The van der Waals surface area contributed by atoms with E-state index in [2.05, 4.69) is 5.43 Å². The molecule has 0 unspecified atom stereocenters. The largest absolute Gasteiger partial charge is 0.490 e. The maximum absolute atomic E-state index is 12.7. The Morgan fingerprint density at radius 1 is 1.15 bits per heavy atom. The normalized spacial score (nSPS) is 15.4. The third kappa shape index (κ3) is 3.79. The molecule has 1 aliphatic rings. The molecule has 2 aromatic carbocycles. The van der Waals surface area contributed by atoms with Crippen LogP contribution < -0.4 is 15.2 Å². The van der Waals surface area contributed by atoms with Crippen molar-refractivity contribution in [2.45, 2.75) is 20.0 Å². The van der Waals surface area contributed by atoms with Crippen molar-refractivity contribution in [1.29, 1.82) is 0 Å². The van der Waals surface area contributed by atoms with Gasteiger partial charge in [-0.2, -0.15) is 0 Å². The quantitative estimate of drug-likeness (QED) is 0.379. The van der Waals surface area contributed by atoms with Gasteiger partial charge >= 0.3 is 0 Å². The highest BCUT2D eigenvalue weighted by Gasteiger charge is 2.34. The Morgan fingerprint density at radius 3 is 2.48 bits per heavy atom. The molecule has 1 fully saturated rings. The number of ether oxygens (including phenoxy) is 1. The molecule has 8 heteroatoms. The van der Waals surface area contributed by atoms with Crippen molar-refractivity contribution in [3.8, 4) is 5.75 Å². The second-order valence-corrected chi connectivity index (χ2v) is 6.12. The van der Waals surface area contributed by atoms with E-state index in [4.69, 9.17) is 4.74 Å². The van der Waals surface area contributed by atoms with Gasteiger partial charge in [0, 0.05) is 17.7 Å². The molecule has 1 heterocycles. The van der Waals surface area contributed by atoms with Crippen molar-refractivity contribution in [2.24, 2.45) is 0 Å². The fourth-order valence-corrected chi connectivity index (χ4v) is 2.60. The highest BCUT2D eigenvalue weighted by Crippen LogP contribution is 2.29. The monoisotopic (exact) mass is 367 g/mol. The SMILES string of the molecule is CC(C)Oc1ccc([N+](=O)[O-])cc1/C=C1/C(=O)NN(c2ccccc2)C1=O. The maximum Gasteiger partial charge on any atom is 0.282 e. The Balaban J connectivity index is 2.02. The first kappa shape index (κ1) is 18.1. The fourth-order valence-electron chi connectivity index (χ4n) is 2.60. The zero-order valence-electron chi connectivity index (χ0n) is 14.7. The van der Waals surface area contributed by atoms with E-state index in [-0.39, 0.29) is 22.9 Å². The molecule has 2 aromatic rings. The first-order valence-electron chi connectivity index (χ1n) is 8.24. The molecule has 1 N–H and O–H groups in total. The lowest BCUT2D eigenvalue weighted by Gasteiger charge is -2.14. The molecule has 0 aromatic heterocycles. The van der Waals surface area contributed by atoms with Gasteiger partial charge in [0.15, 0.2) is 0 Å². The zero-order chi connectivity index (χ0) is 19.6. The number of nitrogens with zero attached hydrogens (tertiary/aromatic N) is 2. The molecule has 0 atom stereocenters. The standard InChI is InChI=1S/C19H17N3O5/c1-12(2)27-17-9-8-15(22(25)26)10-13(17)11-16-18(23)20-21(19(16)24)14-6-4-3-5-7-14/h3-12H,1-2H3,(H,20,23)/b16-11-. The number of non-ortho nitro benzene ring substituents is 1. The molecule has 3 rings (SSSR count). The van der Waals surface area contributed by atoms with Crippen LogP contribution in [0.4, 0.5) is 11.4 Å². The van der Waals surface area contributed by atoms with Gasteiger partial charge in [-0.1, -0.05) is 18.2 Å². The van der Waals surface area contributed by atoms with Gasteiger partial charge in [-0.3, -0.25) is 25.1 Å². The summed E-state index contributed by atoms with van der Waals surface area (Å²) in [5.74, 6) is -0.791. The second kappa shape index (κ2) is 7.28. The molecule has 2 amide bonds. The minimum absolute atomic E-state index is 0.132. The predicted octanol–water partition coefficient (Wildman–Crippen LogP) is 2.84. The number of hydrazine groups is 1. The minimum Gasteiger partial charge on any atom is -0.490 e. The van der Waals surface area contributed by atoms with E-state index in [9.17, 15) is 19.7 Å². The molecule has 0 spiro atoms. The Hall–Kier alpha value is -3.68. The van der Waals surface area contributed by atoms with Crippen LogP contribution in [-0.2, 0) is 9.59 Å². The summed E-state index contributed by atoms with van der Waals surface area (Å²) >= 11 is 0. The summed E-state index contributed by atoms with van der Waals surface area (Å²) in [6.45, 7) is 3.62. The van der Waals surface area contributed by atoms with Crippen molar-refractivity contribution < 1.29 is 19.2 Å². The Labute approximate surface area is 155 Å². The van der Waals surface area contributed by atoms with Crippen LogP contribution in [0.1, 0.15) is 19.4 Å². The minimum atomic E-state index is -0.592. The molecular formula is C19H17N3O5. The summed E-state index contributed by atoms with van der Waals surface area (Å²) in [7, 11) is 0. The number of carbonyl (C=O) groups is 2. The third-order valence-corrected chi connectivity index (χ3v) is 3.77. The Bertz CT molecular complexity index is 938. The summed E-state index contributed by atoms with van der Waals surface area (Å²) in [5.41, 5.74) is 2.99. The number of hydrogen-bond acceptors (Lipinski definition) is 5. The van der Waals surface area contributed by atoms with Gasteiger partial charge in [0.2, 0.25) is 0 Å². The van der Waals surface area contributed by atoms with Gasteiger partial charge < -0.3 is 4.74 Å². The lowest BCUT2D eigenvalue weighted by Crippen LogP contribution is -2.35. The van der Waals surface area contributed by atoms with Crippen LogP contribution in [0.2, 0.25) is 0 Å².